The lowest BCUT2D eigenvalue weighted by Gasteiger charge is -2.19. The summed E-state index contributed by atoms with van der Waals surface area (Å²) in [6, 6.07) is 16.8. The Morgan fingerprint density at radius 1 is 0.750 bits per heavy atom. The molecule has 0 bridgehead atoms. The van der Waals surface area contributed by atoms with Crippen molar-refractivity contribution in [1.82, 2.24) is 0 Å². The molecule has 0 saturated carbocycles. The van der Waals surface area contributed by atoms with Crippen LogP contribution in [0.5, 0.6) is 0 Å². The van der Waals surface area contributed by atoms with Gasteiger partial charge in [-0.15, -0.1) is 0 Å². The number of benzene rings is 2. The highest BCUT2D eigenvalue weighted by atomic mass is 16.1. The molecule has 4 nitrogen and oxygen atoms in total. The summed E-state index contributed by atoms with van der Waals surface area (Å²) in [6.07, 6.45) is 3.63. The number of aromatic nitrogens is 1. The molecule has 4 heteroatoms. The summed E-state index contributed by atoms with van der Waals surface area (Å²) in [5.41, 5.74) is 5.54. The molecule has 1 N–H and O–H groups in total. The lowest BCUT2D eigenvalue weighted by atomic mass is 9.89. The predicted octanol–water partition coefficient (Wildman–Crippen LogP) is 4.26. The molecule has 0 amide bonds. The number of fused-ring (bicyclic) bond motifs is 1. The summed E-state index contributed by atoms with van der Waals surface area (Å²) >= 11 is 0. The molecule has 0 spiro atoms. The average Bonchev–Trinajstić information content (AvgIpc) is 2.69. The predicted molar refractivity (Wildman–Crippen MR) is 109 cm³/mol. The Labute approximate surface area is 164 Å². The number of allylic oxidation sites excluding steroid dienone is 2. The van der Waals surface area contributed by atoms with Gasteiger partial charge in [0.15, 0.2) is 18.1 Å². The highest BCUT2D eigenvalue weighted by Gasteiger charge is 2.38. The molecule has 3 aromatic rings. The maximum atomic E-state index is 13.3. The Morgan fingerprint density at radius 3 is 2.04 bits per heavy atom. The molecular formula is C24H21N2O2+. The van der Waals surface area contributed by atoms with Crippen molar-refractivity contribution < 1.29 is 14.2 Å². The van der Waals surface area contributed by atoms with Crippen molar-refractivity contribution in [2.24, 2.45) is 0 Å². The topological polar surface area (TPSA) is 50.1 Å². The molecule has 0 saturated heterocycles. The first-order valence-corrected chi connectivity index (χ1v) is 9.21. The van der Waals surface area contributed by atoms with Crippen molar-refractivity contribution in [2.75, 3.05) is 5.32 Å². The van der Waals surface area contributed by atoms with E-state index in [0.29, 0.717) is 22.5 Å². The normalized spacial score (nSPS) is 13.5. The molecule has 1 heterocycles. The van der Waals surface area contributed by atoms with Gasteiger partial charge in [0.05, 0.1) is 0 Å². The minimum atomic E-state index is -0.182. The van der Waals surface area contributed by atoms with E-state index < -0.39 is 0 Å². The zero-order valence-electron chi connectivity index (χ0n) is 16.1. The average molecular weight is 369 g/mol. The largest absolute Gasteiger partial charge is 0.346 e. The van der Waals surface area contributed by atoms with Crippen LogP contribution in [-0.4, -0.2) is 11.6 Å². The number of pyridine rings is 1. The van der Waals surface area contributed by atoms with E-state index in [1.807, 2.05) is 63.5 Å². The van der Waals surface area contributed by atoms with E-state index in [1.54, 1.807) is 28.8 Å². The summed E-state index contributed by atoms with van der Waals surface area (Å²) < 4.78 is 1.72. The Kier molecular flexibility index (Phi) is 4.40. The molecule has 1 aromatic heterocycles. The number of hydrogen-bond acceptors (Lipinski definition) is 3. The van der Waals surface area contributed by atoms with Crippen LogP contribution in [0.4, 0.5) is 5.69 Å². The highest BCUT2D eigenvalue weighted by molar-refractivity contribution is 6.36. The van der Waals surface area contributed by atoms with E-state index in [2.05, 4.69) is 5.32 Å². The van der Waals surface area contributed by atoms with Gasteiger partial charge in [-0.1, -0.05) is 42.0 Å². The number of rotatable bonds is 3. The van der Waals surface area contributed by atoms with Crippen LogP contribution < -0.4 is 9.88 Å². The lowest BCUT2D eigenvalue weighted by Crippen LogP contribution is -2.42. The van der Waals surface area contributed by atoms with Gasteiger partial charge in [-0.3, -0.25) is 9.59 Å². The number of aryl methyl sites for hydroxylation is 3. The van der Waals surface area contributed by atoms with Gasteiger partial charge >= 0.3 is 0 Å². The maximum Gasteiger partial charge on any atom is 0.286 e. The summed E-state index contributed by atoms with van der Waals surface area (Å²) in [5.74, 6) is -0.352. The highest BCUT2D eigenvalue weighted by Crippen LogP contribution is 2.28. The van der Waals surface area contributed by atoms with E-state index >= 15 is 0 Å². The lowest BCUT2D eigenvalue weighted by molar-refractivity contribution is -0.577. The number of anilines is 1. The SMILES string of the molecule is Cc1cc[n+](C2=C(Nc3ccc(C)cc3C)C(=O)c3ccccc3C2=O)cc1. The van der Waals surface area contributed by atoms with Crippen molar-refractivity contribution in [1.29, 1.82) is 0 Å². The second kappa shape index (κ2) is 6.89. The van der Waals surface area contributed by atoms with Crippen LogP contribution in [-0.2, 0) is 0 Å². The number of nitrogens with zero attached hydrogens (tertiary/aromatic N) is 1. The molecule has 4 rings (SSSR count). The zero-order valence-corrected chi connectivity index (χ0v) is 16.1. The summed E-state index contributed by atoms with van der Waals surface area (Å²) in [4.78, 5) is 26.6. The molecule has 0 unspecified atom stereocenters. The number of carbonyl (C=O) groups excluding carboxylic acids is 2. The van der Waals surface area contributed by atoms with Crippen LogP contribution in [0.25, 0.3) is 5.70 Å². The minimum Gasteiger partial charge on any atom is -0.346 e. The fraction of sp³-hybridized carbons (Fsp3) is 0.125. The zero-order chi connectivity index (χ0) is 19.8. The minimum absolute atomic E-state index is 0.170. The monoisotopic (exact) mass is 369 g/mol. The van der Waals surface area contributed by atoms with E-state index in [4.69, 9.17) is 0 Å². The number of hydrogen-bond donors (Lipinski definition) is 1. The second-order valence-corrected chi connectivity index (χ2v) is 7.15. The molecule has 0 aliphatic heterocycles. The summed E-state index contributed by atoms with van der Waals surface area (Å²) in [6.45, 7) is 5.99. The second-order valence-electron chi connectivity index (χ2n) is 7.15. The van der Waals surface area contributed by atoms with Gasteiger partial charge < -0.3 is 5.32 Å². The molecule has 0 atom stereocenters. The maximum absolute atomic E-state index is 13.3. The van der Waals surface area contributed by atoms with Crippen molar-refractivity contribution in [3.05, 3.63) is 101 Å². The number of nitrogens with one attached hydrogen (secondary N) is 1. The molecule has 0 fully saturated rings. The van der Waals surface area contributed by atoms with E-state index in [1.165, 1.54) is 0 Å². The van der Waals surface area contributed by atoms with Crippen LogP contribution in [0.2, 0.25) is 0 Å². The van der Waals surface area contributed by atoms with Gasteiger partial charge in [-0.25, -0.2) is 0 Å². The van der Waals surface area contributed by atoms with E-state index in [0.717, 1.165) is 22.4 Å². The fourth-order valence-electron chi connectivity index (χ4n) is 3.46. The molecule has 0 radical (unpaired) electrons. The van der Waals surface area contributed by atoms with E-state index in [9.17, 15) is 9.59 Å². The van der Waals surface area contributed by atoms with Crippen LogP contribution in [0.15, 0.2) is 72.7 Å². The van der Waals surface area contributed by atoms with Crippen molar-refractivity contribution in [2.45, 2.75) is 20.8 Å². The van der Waals surface area contributed by atoms with Gasteiger partial charge in [0.25, 0.3) is 11.5 Å². The van der Waals surface area contributed by atoms with Crippen molar-refractivity contribution in [3.63, 3.8) is 0 Å². The Morgan fingerprint density at radius 2 is 1.39 bits per heavy atom. The van der Waals surface area contributed by atoms with Crippen LogP contribution >= 0.6 is 0 Å². The first-order valence-electron chi connectivity index (χ1n) is 9.21. The molecule has 1 aliphatic carbocycles. The quantitative estimate of drug-likeness (QED) is 0.702. The van der Waals surface area contributed by atoms with Gasteiger partial charge in [0.2, 0.25) is 5.78 Å². The molecule has 28 heavy (non-hydrogen) atoms. The third-order valence-corrected chi connectivity index (χ3v) is 4.99. The third kappa shape index (κ3) is 3.03. The number of carbonyl (C=O) groups is 2. The summed E-state index contributed by atoms with van der Waals surface area (Å²) in [5, 5.41) is 3.25. The Bertz CT molecular complexity index is 1140. The molecule has 138 valence electrons. The van der Waals surface area contributed by atoms with Gasteiger partial charge in [0.1, 0.15) is 0 Å². The van der Waals surface area contributed by atoms with Crippen LogP contribution in [0.3, 0.4) is 0 Å². The standard InChI is InChI=1S/C24H20N2O2/c1-15-10-12-26(13-11-15)22-21(25-20-9-8-16(2)14-17(20)3)23(27)18-6-4-5-7-19(18)24(22)28/h4-14H,1-3H3/p+1. The third-order valence-electron chi connectivity index (χ3n) is 4.99. The van der Waals surface area contributed by atoms with Crippen LogP contribution in [0.1, 0.15) is 37.4 Å². The van der Waals surface area contributed by atoms with Gasteiger partial charge in [-0.05, 0) is 38.0 Å². The van der Waals surface area contributed by atoms with Crippen molar-refractivity contribution >= 4 is 23.0 Å². The summed E-state index contributed by atoms with van der Waals surface area (Å²) in [7, 11) is 0. The number of Topliss-reactive ketones (excluding diaryl/α,β-unsaturated/α-hetero) is 2. The van der Waals surface area contributed by atoms with E-state index in [-0.39, 0.29) is 11.6 Å². The first-order chi connectivity index (χ1) is 13.5. The molecular weight excluding hydrogens is 348 g/mol. The fourth-order valence-corrected chi connectivity index (χ4v) is 3.46. The molecule has 2 aromatic carbocycles. The first kappa shape index (κ1) is 17.9. The smallest absolute Gasteiger partial charge is 0.286 e. The number of ketones is 2. The van der Waals surface area contributed by atoms with Crippen molar-refractivity contribution in [3.8, 4) is 0 Å². The Balaban J connectivity index is 1.92. The van der Waals surface area contributed by atoms with Gasteiger partial charge in [0, 0.05) is 28.9 Å². The van der Waals surface area contributed by atoms with Crippen LogP contribution in [0, 0.1) is 20.8 Å². The van der Waals surface area contributed by atoms with Gasteiger partial charge in [-0.2, -0.15) is 4.57 Å². The Hall–Kier alpha value is -3.53. The molecule has 1 aliphatic rings.